The van der Waals surface area contributed by atoms with Gasteiger partial charge in [0.15, 0.2) is 5.75 Å². The summed E-state index contributed by atoms with van der Waals surface area (Å²) >= 11 is 0. The van der Waals surface area contributed by atoms with E-state index in [1.165, 1.54) is 6.92 Å². The maximum atomic E-state index is 12.5. The standard InChI is InChI=1S/C18H20O5/c1-5-12-15(18(20)22-6-2)17(23-11(3)19)14-10-8-7-9-13(14)16(12)21-4/h7-10H,5-6H2,1-4H3. The molecule has 0 aliphatic rings. The molecule has 0 spiro atoms. The molecule has 0 N–H and O–H groups in total. The zero-order valence-electron chi connectivity index (χ0n) is 13.8. The van der Waals surface area contributed by atoms with E-state index in [4.69, 9.17) is 14.2 Å². The van der Waals surface area contributed by atoms with Crippen LogP contribution in [0.15, 0.2) is 24.3 Å². The predicted octanol–water partition coefficient (Wildman–Crippen LogP) is 3.51. The molecule has 0 aliphatic carbocycles. The number of benzene rings is 2. The lowest BCUT2D eigenvalue weighted by Gasteiger charge is -2.19. The predicted molar refractivity (Wildman–Crippen MR) is 87.1 cm³/mol. The molecule has 0 saturated heterocycles. The molecule has 0 heterocycles. The molecule has 122 valence electrons. The van der Waals surface area contributed by atoms with Crippen molar-refractivity contribution in [1.82, 2.24) is 0 Å². The summed E-state index contributed by atoms with van der Waals surface area (Å²) in [5.41, 5.74) is 0.918. The van der Waals surface area contributed by atoms with Crippen molar-refractivity contribution >= 4 is 22.7 Å². The van der Waals surface area contributed by atoms with Gasteiger partial charge >= 0.3 is 11.9 Å². The number of fused-ring (bicyclic) bond motifs is 1. The molecule has 23 heavy (non-hydrogen) atoms. The Bertz CT molecular complexity index is 749. The van der Waals surface area contributed by atoms with Crippen LogP contribution in [0.4, 0.5) is 0 Å². The van der Waals surface area contributed by atoms with Gasteiger partial charge in [-0.05, 0) is 13.3 Å². The van der Waals surface area contributed by atoms with Gasteiger partial charge in [-0.2, -0.15) is 0 Å². The van der Waals surface area contributed by atoms with Gasteiger partial charge in [-0.15, -0.1) is 0 Å². The van der Waals surface area contributed by atoms with Crippen molar-refractivity contribution in [2.45, 2.75) is 27.2 Å². The van der Waals surface area contributed by atoms with Crippen LogP contribution in [0.25, 0.3) is 10.8 Å². The van der Waals surface area contributed by atoms with Crippen molar-refractivity contribution in [2.75, 3.05) is 13.7 Å². The molecule has 0 bridgehead atoms. The monoisotopic (exact) mass is 316 g/mol. The number of carbonyl (C=O) groups excluding carboxylic acids is 2. The van der Waals surface area contributed by atoms with Gasteiger partial charge in [0.2, 0.25) is 0 Å². The molecule has 0 amide bonds. The smallest absolute Gasteiger partial charge is 0.342 e. The van der Waals surface area contributed by atoms with Gasteiger partial charge in [0.05, 0.1) is 13.7 Å². The fourth-order valence-electron chi connectivity index (χ4n) is 2.67. The van der Waals surface area contributed by atoms with Gasteiger partial charge < -0.3 is 14.2 Å². The topological polar surface area (TPSA) is 61.8 Å². The maximum Gasteiger partial charge on any atom is 0.342 e. The Kier molecular flexibility index (Phi) is 5.21. The molecular weight excluding hydrogens is 296 g/mol. The number of ether oxygens (including phenoxy) is 3. The lowest BCUT2D eigenvalue weighted by Crippen LogP contribution is -2.14. The number of esters is 2. The molecule has 2 rings (SSSR count). The van der Waals surface area contributed by atoms with E-state index in [9.17, 15) is 9.59 Å². The fraction of sp³-hybridized carbons (Fsp3) is 0.333. The van der Waals surface area contributed by atoms with Gasteiger partial charge in [0.25, 0.3) is 0 Å². The van der Waals surface area contributed by atoms with Gasteiger partial charge in [-0.25, -0.2) is 4.79 Å². The summed E-state index contributed by atoms with van der Waals surface area (Å²) < 4.78 is 16.1. The Hall–Kier alpha value is -2.56. The van der Waals surface area contributed by atoms with E-state index in [1.54, 1.807) is 20.1 Å². The van der Waals surface area contributed by atoms with Crippen LogP contribution in [0.2, 0.25) is 0 Å². The molecule has 0 atom stereocenters. The molecule has 5 heteroatoms. The molecule has 0 saturated carbocycles. The Morgan fingerprint density at radius 3 is 2.13 bits per heavy atom. The Balaban J connectivity index is 2.92. The second-order valence-electron chi connectivity index (χ2n) is 4.93. The van der Waals surface area contributed by atoms with E-state index in [-0.39, 0.29) is 17.9 Å². The highest BCUT2D eigenvalue weighted by Crippen LogP contribution is 2.41. The largest absolute Gasteiger partial charge is 0.496 e. The molecule has 0 radical (unpaired) electrons. The van der Waals surface area contributed by atoms with E-state index in [2.05, 4.69) is 0 Å². The summed E-state index contributed by atoms with van der Waals surface area (Å²) in [6, 6.07) is 7.34. The lowest BCUT2D eigenvalue weighted by molar-refractivity contribution is -0.131. The summed E-state index contributed by atoms with van der Waals surface area (Å²) in [5, 5.41) is 1.43. The summed E-state index contributed by atoms with van der Waals surface area (Å²) in [4.78, 5) is 24.0. The maximum absolute atomic E-state index is 12.5. The van der Waals surface area contributed by atoms with Crippen molar-refractivity contribution < 1.29 is 23.8 Å². The van der Waals surface area contributed by atoms with E-state index in [0.29, 0.717) is 23.1 Å². The fourth-order valence-corrected chi connectivity index (χ4v) is 2.67. The zero-order chi connectivity index (χ0) is 17.0. The summed E-state index contributed by atoms with van der Waals surface area (Å²) in [7, 11) is 1.56. The van der Waals surface area contributed by atoms with Crippen LogP contribution in [0.1, 0.15) is 36.7 Å². The summed E-state index contributed by atoms with van der Waals surface area (Å²) in [6.45, 7) is 5.18. The lowest BCUT2D eigenvalue weighted by atomic mass is 9.96. The second kappa shape index (κ2) is 7.13. The summed E-state index contributed by atoms with van der Waals surface area (Å²) in [6.07, 6.45) is 0.538. The van der Waals surface area contributed by atoms with Gasteiger partial charge in [-0.1, -0.05) is 31.2 Å². The van der Waals surface area contributed by atoms with Gasteiger partial charge in [-0.3, -0.25) is 4.79 Å². The number of carbonyl (C=O) groups is 2. The van der Waals surface area contributed by atoms with Crippen LogP contribution >= 0.6 is 0 Å². The first-order chi connectivity index (χ1) is 11.0. The zero-order valence-corrected chi connectivity index (χ0v) is 13.8. The van der Waals surface area contributed by atoms with Crippen LogP contribution in [-0.4, -0.2) is 25.7 Å². The minimum Gasteiger partial charge on any atom is -0.496 e. The van der Waals surface area contributed by atoms with E-state index < -0.39 is 11.9 Å². The van der Waals surface area contributed by atoms with Crippen molar-refractivity contribution in [2.24, 2.45) is 0 Å². The van der Waals surface area contributed by atoms with Gasteiger partial charge in [0.1, 0.15) is 11.3 Å². The average Bonchev–Trinajstić information content (AvgIpc) is 2.53. The molecular formula is C18H20O5. The Labute approximate surface area is 135 Å². The van der Waals surface area contributed by atoms with Crippen LogP contribution in [0, 0.1) is 0 Å². The molecule has 0 aliphatic heterocycles. The second-order valence-corrected chi connectivity index (χ2v) is 4.93. The van der Waals surface area contributed by atoms with E-state index in [1.807, 2.05) is 25.1 Å². The number of methoxy groups -OCH3 is 1. The first-order valence-corrected chi connectivity index (χ1v) is 7.52. The molecule has 5 nitrogen and oxygen atoms in total. The minimum atomic E-state index is -0.523. The van der Waals surface area contributed by atoms with Crippen molar-refractivity contribution in [3.63, 3.8) is 0 Å². The molecule has 0 fully saturated rings. The first-order valence-electron chi connectivity index (χ1n) is 7.52. The third-order valence-electron chi connectivity index (χ3n) is 3.50. The van der Waals surface area contributed by atoms with Crippen LogP contribution in [0.3, 0.4) is 0 Å². The number of rotatable bonds is 5. The Morgan fingerprint density at radius 2 is 1.65 bits per heavy atom. The Morgan fingerprint density at radius 1 is 1.04 bits per heavy atom. The molecule has 2 aromatic rings. The van der Waals surface area contributed by atoms with Crippen LogP contribution in [0.5, 0.6) is 11.5 Å². The minimum absolute atomic E-state index is 0.226. The van der Waals surface area contributed by atoms with E-state index >= 15 is 0 Å². The van der Waals surface area contributed by atoms with Gasteiger partial charge in [0, 0.05) is 23.3 Å². The normalized spacial score (nSPS) is 10.4. The van der Waals surface area contributed by atoms with Crippen molar-refractivity contribution in [1.29, 1.82) is 0 Å². The SMILES string of the molecule is CCOC(=O)c1c(CC)c(OC)c2ccccc2c1OC(C)=O. The summed E-state index contributed by atoms with van der Waals surface area (Å²) in [5.74, 6) is -0.191. The van der Waals surface area contributed by atoms with Crippen LogP contribution < -0.4 is 9.47 Å². The quantitative estimate of drug-likeness (QED) is 0.624. The van der Waals surface area contributed by atoms with Crippen molar-refractivity contribution in [3.05, 3.63) is 35.4 Å². The molecule has 0 aromatic heterocycles. The molecule has 2 aromatic carbocycles. The highest BCUT2D eigenvalue weighted by atomic mass is 16.5. The molecule has 0 unspecified atom stereocenters. The number of hydrogen-bond acceptors (Lipinski definition) is 5. The average molecular weight is 316 g/mol. The third-order valence-corrected chi connectivity index (χ3v) is 3.50. The van der Waals surface area contributed by atoms with Crippen LogP contribution in [-0.2, 0) is 16.0 Å². The highest BCUT2D eigenvalue weighted by Gasteiger charge is 2.26. The third kappa shape index (κ3) is 3.13. The first kappa shape index (κ1) is 16.8. The highest BCUT2D eigenvalue weighted by molar-refractivity contribution is 6.07. The van der Waals surface area contributed by atoms with E-state index in [0.717, 1.165) is 5.39 Å². The number of hydrogen-bond donors (Lipinski definition) is 0. The van der Waals surface area contributed by atoms with Crippen molar-refractivity contribution in [3.8, 4) is 11.5 Å².